The van der Waals surface area contributed by atoms with Gasteiger partial charge in [-0.1, -0.05) is 6.07 Å². The van der Waals surface area contributed by atoms with Gasteiger partial charge in [-0.15, -0.1) is 10.2 Å². The zero-order chi connectivity index (χ0) is 16.5. The van der Waals surface area contributed by atoms with Gasteiger partial charge in [0, 0.05) is 24.7 Å². The fourth-order valence-corrected chi connectivity index (χ4v) is 3.78. The van der Waals surface area contributed by atoms with Crippen LogP contribution in [0.5, 0.6) is 5.88 Å². The van der Waals surface area contributed by atoms with Gasteiger partial charge in [-0.3, -0.25) is 4.90 Å². The summed E-state index contributed by atoms with van der Waals surface area (Å²) in [5, 5.41) is 8.30. The molecule has 4 nitrogen and oxygen atoms in total. The first-order valence-electron chi connectivity index (χ1n) is 8.70. The van der Waals surface area contributed by atoms with E-state index < -0.39 is 0 Å². The minimum atomic E-state index is -0.274. The first-order valence-corrected chi connectivity index (χ1v) is 8.70. The molecular weight excluding hydrogens is 305 g/mol. The third-order valence-electron chi connectivity index (χ3n) is 5.08. The SMILES string of the molecule is Cc1ccc(-c2ccc(OC3CCC4CCCN3C4)nn2)c(F)c1. The summed E-state index contributed by atoms with van der Waals surface area (Å²) >= 11 is 0. The standard InChI is InChI=1S/C19H22FN3O/c1-13-4-6-15(16(20)11-13)17-7-8-18(22-21-17)24-19-9-5-14-3-2-10-23(19)12-14/h4,6-8,11,14,19H,2-3,5,9-10,12H2,1H3. The van der Waals surface area contributed by atoms with E-state index in [0.29, 0.717) is 17.1 Å². The summed E-state index contributed by atoms with van der Waals surface area (Å²) in [6, 6.07) is 8.69. The second kappa shape index (κ2) is 6.48. The summed E-state index contributed by atoms with van der Waals surface area (Å²) in [5.41, 5.74) is 1.89. The number of fused-ring (bicyclic) bond motifs is 2. The van der Waals surface area contributed by atoms with Crippen molar-refractivity contribution in [3.8, 4) is 17.1 Å². The number of rotatable bonds is 3. The molecule has 3 heterocycles. The second-order valence-corrected chi connectivity index (χ2v) is 6.89. The lowest BCUT2D eigenvalue weighted by Gasteiger charge is -2.42. The normalized spacial score (nSPS) is 26.2. The Kier molecular flexibility index (Phi) is 4.19. The number of aromatic nitrogens is 2. The number of halogens is 1. The Labute approximate surface area is 141 Å². The molecule has 0 radical (unpaired) electrons. The quantitative estimate of drug-likeness (QED) is 0.859. The summed E-state index contributed by atoms with van der Waals surface area (Å²) in [6.45, 7) is 4.09. The van der Waals surface area contributed by atoms with E-state index in [-0.39, 0.29) is 12.0 Å². The molecule has 2 fully saturated rings. The van der Waals surface area contributed by atoms with Crippen molar-refractivity contribution in [2.24, 2.45) is 5.92 Å². The predicted octanol–water partition coefficient (Wildman–Crippen LogP) is 3.80. The van der Waals surface area contributed by atoms with Gasteiger partial charge < -0.3 is 4.74 Å². The van der Waals surface area contributed by atoms with Gasteiger partial charge in [-0.25, -0.2) is 4.39 Å². The molecule has 2 aliphatic rings. The first kappa shape index (κ1) is 15.5. The Morgan fingerprint density at radius 2 is 2.04 bits per heavy atom. The topological polar surface area (TPSA) is 38.2 Å². The maximum Gasteiger partial charge on any atom is 0.234 e. The number of nitrogens with zero attached hydrogens (tertiary/aromatic N) is 3. The molecule has 0 aliphatic carbocycles. The monoisotopic (exact) mass is 327 g/mol. The Morgan fingerprint density at radius 1 is 1.12 bits per heavy atom. The molecule has 5 heteroatoms. The first-order chi connectivity index (χ1) is 11.7. The van der Waals surface area contributed by atoms with E-state index in [1.807, 2.05) is 13.0 Å². The molecule has 0 spiro atoms. The van der Waals surface area contributed by atoms with Gasteiger partial charge in [0.15, 0.2) is 6.23 Å². The van der Waals surface area contributed by atoms with E-state index in [2.05, 4.69) is 15.1 Å². The molecule has 2 aliphatic heterocycles. The number of benzene rings is 1. The van der Waals surface area contributed by atoms with E-state index in [1.165, 1.54) is 25.3 Å². The molecule has 126 valence electrons. The van der Waals surface area contributed by atoms with Crippen molar-refractivity contribution in [1.82, 2.24) is 15.1 Å². The van der Waals surface area contributed by atoms with Crippen LogP contribution < -0.4 is 4.74 Å². The molecular formula is C19H22FN3O. The van der Waals surface area contributed by atoms with Crippen LogP contribution in [0.25, 0.3) is 11.3 Å². The number of hydrogen-bond donors (Lipinski definition) is 0. The summed E-state index contributed by atoms with van der Waals surface area (Å²) in [7, 11) is 0. The number of hydrogen-bond acceptors (Lipinski definition) is 4. The number of piperidine rings is 2. The summed E-state index contributed by atoms with van der Waals surface area (Å²) in [6.07, 6.45) is 4.96. The molecule has 3 atom stereocenters. The average molecular weight is 327 g/mol. The Morgan fingerprint density at radius 3 is 2.83 bits per heavy atom. The van der Waals surface area contributed by atoms with Gasteiger partial charge in [0.05, 0.1) is 5.69 Å². The Hall–Kier alpha value is -2.01. The van der Waals surface area contributed by atoms with Gasteiger partial charge in [-0.2, -0.15) is 0 Å². The lowest BCUT2D eigenvalue weighted by Crippen LogP contribution is -2.49. The number of ether oxygens (including phenoxy) is 1. The van der Waals surface area contributed by atoms with Crippen molar-refractivity contribution < 1.29 is 9.13 Å². The third-order valence-corrected chi connectivity index (χ3v) is 5.08. The van der Waals surface area contributed by atoms with Crippen molar-refractivity contribution in [2.45, 2.75) is 38.8 Å². The van der Waals surface area contributed by atoms with Gasteiger partial charge in [0.1, 0.15) is 5.82 Å². The van der Waals surface area contributed by atoms with Crippen LogP contribution in [0.2, 0.25) is 0 Å². The van der Waals surface area contributed by atoms with Crippen molar-refractivity contribution in [3.05, 3.63) is 41.7 Å². The van der Waals surface area contributed by atoms with Crippen LogP contribution in [0, 0.1) is 18.7 Å². The molecule has 2 bridgehead atoms. The Balaban J connectivity index is 1.47. The van der Waals surface area contributed by atoms with E-state index in [1.54, 1.807) is 18.2 Å². The maximum atomic E-state index is 14.0. The van der Waals surface area contributed by atoms with E-state index >= 15 is 0 Å². The molecule has 2 aromatic rings. The minimum absolute atomic E-state index is 0.0952. The lowest BCUT2D eigenvalue weighted by molar-refractivity contribution is -0.0455. The molecule has 0 amide bonds. The highest BCUT2D eigenvalue weighted by Gasteiger charge is 2.32. The highest BCUT2D eigenvalue weighted by atomic mass is 19.1. The van der Waals surface area contributed by atoms with Gasteiger partial charge in [0.25, 0.3) is 0 Å². The molecule has 4 rings (SSSR count). The maximum absolute atomic E-state index is 14.0. The smallest absolute Gasteiger partial charge is 0.234 e. The highest BCUT2D eigenvalue weighted by Crippen LogP contribution is 2.31. The van der Waals surface area contributed by atoms with Gasteiger partial charge >= 0.3 is 0 Å². The van der Waals surface area contributed by atoms with Crippen molar-refractivity contribution in [2.75, 3.05) is 13.1 Å². The average Bonchev–Trinajstić information content (AvgIpc) is 2.59. The zero-order valence-corrected chi connectivity index (χ0v) is 13.9. The lowest BCUT2D eigenvalue weighted by atomic mass is 9.89. The number of aryl methyl sites for hydroxylation is 1. The molecule has 2 saturated heterocycles. The summed E-state index contributed by atoms with van der Waals surface area (Å²) in [5.74, 6) is 1.07. The van der Waals surface area contributed by atoms with Crippen LogP contribution in [-0.4, -0.2) is 34.4 Å². The van der Waals surface area contributed by atoms with Crippen molar-refractivity contribution in [3.63, 3.8) is 0 Å². The zero-order valence-electron chi connectivity index (χ0n) is 13.9. The molecule has 0 saturated carbocycles. The molecule has 1 aromatic carbocycles. The predicted molar refractivity (Wildman–Crippen MR) is 90.1 cm³/mol. The van der Waals surface area contributed by atoms with Crippen LogP contribution in [0.15, 0.2) is 30.3 Å². The fourth-order valence-electron chi connectivity index (χ4n) is 3.78. The van der Waals surface area contributed by atoms with Crippen LogP contribution in [0.1, 0.15) is 31.2 Å². The largest absolute Gasteiger partial charge is 0.457 e. The molecule has 1 aromatic heterocycles. The van der Waals surface area contributed by atoms with E-state index in [0.717, 1.165) is 31.0 Å². The highest BCUT2D eigenvalue weighted by molar-refractivity contribution is 5.59. The summed E-state index contributed by atoms with van der Waals surface area (Å²) in [4.78, 5) is 2.41. The molecule has 24 heavy (non-hydrogen) atoms. The second-order valence-electron chi connectivity index (χ2n) is 6.89. The van der Waals surface area contributed by atoms with Crippen molar-refractivity contribution >= 4 is 0 Å². The van der Waals surface area contributed by atoms with Crippen LogP contribution in [0.4, 0.5) is 4.39 Å². The third kappa shape index (κ3) is 3.13. The molecule has 3 unspecified atom stereocenters. The van der Waals surface area contributed by atoms with Crippen LogP contribution in [0.3, 0.4) is 0 Å². The minimum Gasteiger partial charge on any atom is -0.457 e. The van der Waals surface area contributed by atoms with Crippen molar-refractivity contribution in [1.29, 1.82) is 0 Å². The van der Waals surface area contributed by atoms with Gasteiger partial charge in [-0.05, 0) is 62.3 Å². The van der Waals surface area contributed by atoms with Crippen LogP contribution in [-0.2, 0) is 0 Å². The molecule has 0 N–H and O–H groups in total. The van der Waals surface area contributed by atoms with Gasteiger partial charge in [0.2, 0.25) is 5.88 Å². The van der Waals surface area contributed by atoms with E-state index in [9.17, 15) is 4.39 Å². The van der Waals surface area contributed by atoms with E-state index in [4.69, 9.17) is 4.74 Å². The summed E-state index contributed by atoms with van der Waals surface area (Å²) < 4.78 is 20.1. The Bertz CT molecular complexity index is 719. The fraction of sp³-hybridized carbons (Fsp3) is 0.474. The van der Waals surface area contributed by atoms with Crippen LogP contribution >= 0.6 is 0 Å².